The van der Waals surface area contributed by atoms with Gasteiger partial charge in [0.25, 0.3) is 0 Å². The lowest BCUT2D eigenvalue weighted by molar-refractivity contribution is -0.385. The molecule has 1 aromatic heterocycles. The lowest BCUT2D eigenvalue weighted by Crippen LogP contribution is -1.97. The van der Waals surface area contributed by atoms with Gasteiger partial charge in [0, 0.05) is 6.07 Å². The molecule has 0 spiro atoms. The minimum absolute atomic E-state index is 0.0502. The van der Waals surface area contributed by atoms with E-state index >= 15 is 0 Å². The largest absolute Gasteiger partial charge is 0.431 e. The Bertz CT molecular complexity index is 883. The van der Waals surface area contributed by atoms with Crippen LogP contribution in [-0.2, 0) is 0 Å². The summed E-state index contributed by atoms with van der Waals surface area (Å²) in [7, 11) is 0. The number of rotatable bonds is 3. The van der Waals surface area contributed by atoms with Crippen LogP contribution in [0, 0.1) is 22.9 Å². The third-order valence-corrected chi connectivity index (χ3v) is 3.10. The van der Waals surface area contributed by atoms with Crippen LogP contribution in [-0.4, -0.2) is 14.9 Å². The van der Waals surface area contributed by atoms with E-state index in [1.807, 2.05) is 0 Å². The molecule has 110 valence electrons. The summed E-state index contributed by atoms with van der Waals surface area (Å²) in [5, 5.41) is 11.4. The number of nitrogens with zero attached hydrogens (tertiary/aromatic N) is 3. The van der Waals surface area contributed by atoms with Crippen molar-refractivity contribution >= 4 is 16.6 Å². The Hall–Kier alpha value is -3.09. The molecule has 7 heteroatoms. The van der Waals surface area contributed by atoms with Crippen LogP contribution in [0.2, 0.25) is 0 Å². The minimum Gasteiger partial charge on any atom is -0.431 e. The Morgan fingerprint density at radius 3 is 2.82 bits per heavy atom. The third kappa shape index (κ3) is 2.44. The number of aromatic nitrogens is 2. The molecule has 0 bridgehead atoms. The molecular weight excluding hydrogens is 289 g/mol. The summed E-state index contributed by atoms with van der Waals surface area (Å²) in [5.41, 5.74) is 0.710. The highest BCUT2D eigenvalue weighted by Gasteiger charge is 2.18. The van der Waals surface area contributed by atoms with E-state index in [2.05, 4.69) is 9.97 Å². The average Bonchev–Trinajstić information content (AvgIpc) is 2.48. The minimum atomic E-state index is -0.543. The van der Waals surface area contributed by atoms with Crippen molar-refractivity contribution in [3.05, 3.63) is 64.2 Å². The highest BCUT2D eigenvalue weighted by Crippen LogP contribution is 2.34. The molecule has 2 aromatic carbocycles. The first-order valence-corrected chi connectivity index (χ1v) is 6.38. The highest BCUT2D eigenvalue weighted by molar-refractivity contribution is 5.84. The second-order valence-corrected chi connectivity index (χ2v) is 4.65. The molecule has 0 fully saturated rings. The second kappa shape index (κ2) is 5.36. The molecule has 0 N–H and O–H groups in total. The smallest absolute Gasteiger partial charge is 0.311 e. The lowest BCUT2D eigenvalue weighted by Gasteiger charge is -2.08. The normalized spacial score (nSPS) is 10.6. The fourth-order valence-corrected chi connectivity index (χ4v) is 2.07. The zero-order valence-electron chi connectivity index (χ0n) is 11.5. The van der Waals surface area contributed by atoms with Crippen molar-refractivity contribution in [1.29, 1.82) is 0 Å². The monoisotopic (exact) mass is 299 g/mol. The Morgan fingerprint density at radius 2 is 2.05 bits per heavy atom. The van der Waals surface area contributed by atoms with Gasteiger partial charge in [-0.05, 0) is 30.7 Å². The molecule has 3 aromatic rings. The van der Waals surface area contributed by atoms with Gasteiger partial charge in [0.05, 0.1) is 10.3 Å². The van der Waals surface area contributed by atoms with Crippen LogP contribution in [0.4, 0.5) is 10.1 Å². The summed E-state index contributed by atoms with van der Waals surface area (Å²) < 4.78 is 19.3. The van der Waals surface area contributed by atoms with Gasteiger partial charge in [-0.3, -0.25) is 10.1 Å². The van der Waals surface area contributed by atoms with E-state index in [1.165, 1.54) is 24.3 Å². The predicted octanol–water partition coefficient (Wildman–Crippen LogP) is 3.78. The van der Waals surface area contributed by atoms with Crippen LogP contribution >= 0.6 is 0 Å². The molecule has 0 aliphatic rings. The van der Waals surface area contributed by atoms with Crippen molar-refractivity contribution in [2.45, 2.75) is 6.92 Å². The fourth-order valence-electron chi connectivity index (χ4n) is 2.07. The van der Waals surface area contributed by atoms with Crippen LogP contribution in [0.5, 0.6) is 11.6 Å². The van der Waals surface area contributed by atoms with E-state index in [0.717, 1.165) is 11.9 Å². The van der Waals surface area contributed by atoms with E-state index < -0.39 is 10.7 Å². The molecule has 22 heavy (non-hydrogen) atoms. The first-order valence-electron chi connectivity index (χ1n) is 6.38. The van der Waals surface area contributed by atoms with E-state index in [0.29, 0.717) is 5.39 Å². The number of halogens is 1. The van der Waals surface area contributed by atoms with Crippen molar-refractivity contribution in [2.75, 3.05) is 0 Å². The number of nitro groups is 1. The zero-order valence-corrected chi connectivity index (χ0v) is 11.5. The molecule has 0 radical (unpaired) electrons. The summed E-state index contributed by atoms with van der Waals surface area (Å²) in [5.74, 6) is -0.393. The molecule has 0 saturated carbocycles. The molecule has 0 amide bonds. The van der Waals surface area contributed by atoms with Gasteiger partial charge in [-0.1, -0.05) is 12.1 Å². The van der Waals surface area contributed by atoms with Gasteiger partial charge in [-0.25, -0.2) is 14.4 Å². The Labute approximate surface area is 124 Å². The summed E-state index contributed by atoms with van der Waals surface area (Å²) in [6, 6.07) is 8.87. The van der Waals surface area contributed by atoms with Crippen molar-refractivity contribution in [2.24, 2.45) is 0 Å². The Morgan fingerprint density at radius 1 is 1.23 bits per heavy atom. The number of fused-ring (bicyclic) bond motifs is 1. The lowest BCUT2D eigenvalue weighted by atomic mass is 10.2. The zero-order chi connectivity index (χ0) is 15.7. The second-order valence-electron chi connectivity index (χ2n) is 4.65. The van der Waals surface area contributed by atoms with E-state index in [1.54, 1.807) is 19.1 Å². The number of para-hydroxylation sites is 1. The number of benzene rings is 2. The van der Waals surface area contributed by atoms with Crippen LogP contribution < -0.4 is 4.74 Å². The molecule has 0 aliphatic carbocycles. The Kier molecular flexibility index (Phi) is 3.38. The van der Waals surface area contributed by atoms with Crippen LogP contribution in [0.15, 0.2) is 42.7 Å². The summed E-state index contributed by atoms with van der Waals surface area (Å²) in [6.07, 6.45) is 1.16. The topological polar surface area (TPSA) is 78.2 Å². The molecule has 0 aliphatic heterocycles. The predicted molar refractivity (Wildman–Crippen MR) is 77.4 cm³/mol. The maximum Gasteiger partial charge on any atom is 0.311 e. The Balaban J connectivity index is 2.13. The number of hydrogen-bond donors (Lipinski definition) is 0. The number of nitro benzene ring substituents is 1. The fraction of sp³-hybridized carbons (Fsp3) is 0.0667. The first kappa shape index (κ1) is 13.9. The number of aryl methyl sites for hydroxylation is 1. The van der Waals surface area contributed by atoms with E-state index in [4.69, 9.17) is 4.74 Å². The van der Waals surface area contributed by atoms with Crippen molar-refractivity contribution in [1.82, 2.24) is 9.97 Å². The molecule has 0 saturated heterocycles. The quantitative estimate of drug-likeness (QED) is 0.543. The average molecular weight is 299 g/mol. The summed E-state index contributed by atoms with van der Waals surface area (Å²) in [4.78, 5) is 18.3. The standard InChI is InChI=1S/C15H10FN3O3/c1-9-5-6-12(19(20)21)13(7-9)22-15-10-3-2-4-11(16)14(10)17-8-18-15/h2-8H,1H3. The van der Waals surface area contributed by atoms with Gasteiger partial charge in [0.2, 0.25) is 11.6 Å². The van der Waals surface area contributed by atoms with Gasteiger partial charge in [-0.15, -0.1) is 0 Å². The molecule has 0 atom stereocenters. The summed E-state index contributed by atoms with van der Waals surface area (Å²) >= 11 is 0. The van der Waals surface area contributed by atoms with Crippen LogP contribution in [0.1, 0.15) is 5.56 Å². The highest BCUT2D eigenvalue weighted by atomic mass is 19.1. The van der Waals surface area contributed by atoms with Gasteiger partial charge in [0.15, 0.2) is 0 Å². The SMILES string of the molecule is Cc1ccc([N+](=O)[O-])c(Oc2ncnc3c(F)cccc23)c1. The third-order valence-electron chi connectivity index (χ3n) is 3.10. The van der Waals surface area contributed by atoms with Gasteiger partial charge in [-0.2, -0.15) is 0 Å². The number of ether oxygens (including phenoxy) is 1. The number of hydrogen-bond acceptors (Lipinski definition) is 5. The molecule has 3 rings (SSSR count). The van der Waals surface area contributed by atoms with Gasteiger partial charge >= 0.3 is 5.69 Å². The first-order chi connectivity index (χ1) is 10.6. The van der Waals surface area contributed by atoms with E-state index in [9.17, 15) is 14.5 Å². The van der Waals surface area contributed by atoms with Crippen LogP contribution in [0.3, 0.4) is 0 Å². The van der Waals surface area contributed by atoms with Crippen molar-refractivity contribution in [3.8, 4) is 11.6 Å². The molecule has 6 nitrogen and oxygen atoms in total. The summed E-state index contributed by atoms with van der Waals surface area (Å²) in [6.45, 7) is 1.79. The maximum absolute atomic E-state index is 13.7. The molecule has 0 unspecified atom stereocenters. The molecular formula is C15H10FN3O3. The van der Waals surface area contributed by atoms with Crippen molar-refractivity contribution < 1.29 is 14.1 Å². The van der Waals surface area contributed by atoms with Crippen molar-refractivity contribution in [3.63, 3.8) is 0 Å². The maximum atomic E-state index is 13.7. The van der Waals surface area contributed by atoms with Crippen LogP contribution in [0.25, 0.3) is 10.9 Å². The van der Waals surface area contributed by atoms with Gasteiger partial charge < -0.3 is 4.74 Å². The molecule has 1 heterocycles. The van der Waals surface area contributed by atoms with E-state index in [-0.39, 0.29) is 22.8 Å². The van der Waals surface area contributed by atoms with Gasteiger partial charge in [0.1, 0.15) is 17.7 Å².